The minimum atomic E-state index is -0.408. The molecule has 13 heavy (non-hydrogen) atoms. The van der Waals surface area contributed by atoms with Crippen molar-refractivity contribution < 1.29 is 4.79 Å². The highest BCUT2D eigenvalue weighted by Gasteiger charge is 2.38. The van der Waals surface area contributed by atoms with Crippen LogP contribution >= 0.6 is 0 Å². The first-order chi connectivity index (χ1) is 6.29. The Kier molecular flexibility index (Phi) is 3.60. The molecule has 0 radical (unpaired) electrons. The Morgan fingerprint density at radius 2 is 2.23 bits per heavy atom. The van der Waals surface area contributed by atoms with Gasteiger partial charge >= 0.3 is 0 Å². The molecule has 74 valence electrons. The lowest BCUT2D eigenvalue weighted by Crippen LogP contribution is -2.48. The molecule has 0 aromatic heterocycles. The van der Waals surface area contributed by atoms with Crippen molar-refractivity contribution in [2.45, 2.75) is 31.2 Å². The van der Waals surface area contributed by atoms with Crippen LogP contribution in [0.3, 0.4) is 0 Å². The Bertz CT molecular complexity index is 213. The summed E-state index contributed by atoms with van der Waals surface area (Å²) in [6.07, 6.45) is 5.78. The molecular formula is C9H17N3O. The van der Waals surface area contributed by atoms with E-state index in [2.05, 4.69) is 4.99 Å². The van der Waals surface area contributed by atoms with Gasteiger partial charge in [0.15, 0.2) is 0 Å². The van der Waals surface area contributed by atoms with Crippen LogP contribution in [-0.2, 0) is 4.79 Å². The zero-order valence-corrected chi connectivity index (χ0v) is 7.83. The lowest BCUT2D eigenvalue weighted by Gasteiger charge is -2.38. The SMILES string of the molecule is NCC1CCCCC1(CN)N=C=O. The molecule has 0 aliphatic heterocycles. The van der Waals surface area contributed by atoms with E-state index in [1.165, 1.54) is 0 Å². The van der Waals surface area contributed by atoms with Crippen LogP contribution in [0, 0.1) is 5.92 Å². The predicted molar refractivity (Wildman–Crippen MR) is 50.9 cm³/mol. The third-order valence-corrected chi connectivity index (χ3v) is 3.08. The maximum Gasteiger partial charge on any atom is 0.235 e. The van der Waals surface area contributed by atoms with Crippen LogP contribution in [0.4, 0.5) is 0 Å². The lowest BCUT2D eigenvalue weighted by molar-refractivity contribution is 0.204. The average molecular weight is 183 g/mol. The third kappa shape index (κ3) is 1.97. The molecule has 4 heteroatoms. The zero-order chi connectivity index (χ0) is 9.73. The molecule has 0 aromatic rings. The molecule has 4 nitrogen and oxygen atoms in total. The van der Waals surface area contributed by atoms with Crippen molar-refractivity contribution >= 4 is 6.08 Å². The van der Waals surface area contributed by atoms with E-state index in [-0.39, 0.29) is 5.92 Å². The number of rotatable bonds is 3. The van der Waals surface area contributed by atoms with Gasteiger partial charge in [-0.2, -0.15) is 4.99 Å². The first-order valence-electron chi connectivity index (χ1n) is 4.78. The van der Waals surface area contributed by atoms with Gasteiger partial charge in [0.1, 0.15) is 0 Å². The van der Waals surface area contributed by atoms with Crippen molar-refractivity contribution in [3.05, 3.63) is 0 Å². The molecule has 0 heterocycles. The average Bonchev–Trinajstić information content (AvgIpc) is 2.19. The van der Waals surface area contributed by atoms with Gasteiger partial charge in [-0.25, -0.2) is 4.79 Å². The number of isocyanates is 1. The summed E-state index contributed by atoms with van der Waals surface area (Å²) >= 11 is 0. The molecule has 4 N–H and O–H groups in total. The molecule has 0 bridgehead atoms. The highest BCUT2D eigenvalue weighted by Crippen LogP contribution is 2.35. The lowest BCUT2D eigenvalue weighted by atomic mass is 9.73. The van der Waals surface area contributed by atoms with Crippen LogP contribution in [0.15, 0.2) is 4.99 Å². The Hall–Kier alpha value is -0.700. The molecule has 1 aliphatic rings. The fourth-order valence-corrected chi connectivity index (χ4v) is 2.18. The Labute approximate surface area is 78.4 Å². The van der Waals surface area contributed by atoms with Gasteiger partial charge in [0.2, 0.25) is 6.08 Å². The molecule has 0 aromatic carbocycles. The van der Waals surface area contributed by atoms with E-state index >= 15 is 0 Å². The van der Waals surface area contributed by atoms with Gasteiger partial charge in [-0.3, -0.25) is 0 Å². The summed E-state index contributed by atoms with van der Waals surface area (Å²) in [7, 11) is 0. The highest BCUT2D eigenvalue weighted by atomic mass is 16.1. The number of hydrogen-bond acceptors (Lipinski definition) is 4. The topological polar surface area (TPSA) is 81.5 Å². The maximum atomic E-state index is 10.3. The van der Waals surface area contributed by atoms with Gasteiger partial charge in [-0.05, 0) is 25.3 Å². The van der Waals surface area contributed by atoms with Crippen LogP contribution in [-0.4, -0.2) is 24.7 Å². The largest absolute Gasteiger partial charge is 0.330 e. The van der Waals surface area contributed by atoms with Gasteiger partial charge in [-0.15, -0.1) is 0 Å². The number of nitrogens with two attached hydrogens (primary N) is 2. The number of hydrogen-bond donors (Lipinski definition) is 2. The number of carbonyl (C=O) groups excluding carboxylic acids is 1. The van der Waals surface area contributed by atoms with Crippen LogP contribution in [0.1, 0.15) is 25.7 Å². The number of aliphatic imine (C=N–C) groups is 1. The molecular weight excluding hydrogens is 166 g/mol. The van der Waals surface area contributed by atoms with E-state index in [4.69, 9.17) is 11.5 Å². The smallest absolute Gasteiger partial charge is 0.235 e. The Morgan fingerprint density at radius 3 is 2.77 bits per heavy atom. The molecule has 2 unspecified atom stereocenters. The normalized spacial score (nSPS) is 33.8. The summed E-state index contributed by atoms with van der Waals surface area (Å²) in [5.41, 5.74) is 10.9. The van der Waals surface area contributed by atoms with Crippen molar-refractivity contribution in [3.63, 3.8) is 0 Å². The van der Waals surface area contributed by atoms with Crippen LogP contribution in [0.2, 0.25) is 0 Å². The summed E-state index contributed by atoms with van der Waals surface area (Å²) in [6, 6.07) is 0. The Balaban J connectivity index is 2.84. The van der Waals surface area contributed by atoms with Gasteiger partial charge in [0.05, 0.1) is 5.54 Å². The second kappa shape index (κ2) is 4.51. The fraction of sp³-hybridized carbons (Fsp3) is 0.889. The summed E-state index contributed by atoms with van der Waals surface area (Å²) < 4.78 is 0. The van der Waals surface area contributed by atoms with E-state index < -0.39 is 5.54 Å². The molecule has 2 atom stereocenters. The minimum absolute atomic E-state index is 0.257. The van der Waals surface area contributed by atoms with Crippen LogP contribution < -0.4 is 11.5 Å². The summed E-state index contributed by atoms with van der Waals surface area (Å²) in [6.45, 7) is 0.965. The van der Waals surface area contributed by atoms with Crippen LogP contribution in [0.5, 0.6) is 0 Å². The van der Waals surface area contributed by atoms with Crippen molar-refractivity contribution in [2.75, 3.05) is 13.1 Å². The second-order valence-corrected chi connectivity index (χ2v) is 3.69. The van der Waals surface area contributed by atoms with E-state index in [0.717, 1.165) is 25.7 Å². The monoisotopic (exact) mass is 183 g/mol. The fourth-order valence-electron chi connectivity index (χ4n) is 2.18. The molecule has 0 spiro atoms. The second-order valence-electron chi connectivity index (χ2n) is 3.69. The van der Waals surface area contributed by atoms with E-state index in [1.54, 1.807) is 6.08 Å². The first kappa shape index (κ1) is 10.4. The molecule has 1 aliphatic carbocycles. The highest BCUT2D eigenvalue weighted by molar-refractivity contribution is 5.35. The number of nitrogens with zero attached hydrogens (tertiary/aromatic N) is 1. The quantitative estimate of drug-likeness (QED) is 0.483. The van der Waals surface area contributed by atoms with Gasteiger partial charge in [0.25, 0.3) is 0 Å². The standard InChI is InChI=1S/C9H17N3O/c10-5-8-3-1-2-4-9(8,6-11)12-7-13/h8H,1-6,10-11H2. The molecule has 0 amide bonds. The summed E-state index contributed by atoms with van der Waals surface area (Å²) in [5.74, 6) is 0.257. The zero-order valence-electron chi connectivity index (χ0n) is 7.83. The van der Waals surface area contributed by atoms with Crippen molar-refractivity contribution in [3.8, 4) is 0 Å². The Morgan fingerprint density at radius 1 is 1.46 bits per heavy atom. The summed E-state index contributed by atoms with van der Waals surface area (Å²) in [5, 5.41) is 0. The van der Waals surface area contributed by atoms with Gasteiger partial charge in [0, 0.05) is 6.54 Å². The minimum Gasteiger partial charge on any atom is -0.330 e. The van der Waals surface area contributed by atoms with E-state index in [9.17, 15) is 4.79 Å². The molecule has 1 fully saturated rings. The molecule has 0 saturated heterocycles. The van der Waals surface area contributed by atoms with Gasteiger partial charge in [-0.1, -0.05) is 12.8 Å². The predicted octanol–water partition coefficient (Wildman–Crippen LogP) is 0.169. The first-order valence-corrected chi connectivity index (χ1v) is 4.78. The van der Waals surface area contributed by atoms with Crippen LogP contribution in [0.25, 0.3) is 0 Å². The maximum absolute atomic E-state index is 10.3. The molecule has 1 rings (SSSR count). The van der Waals surface area contributed by atoms with Crippen molar-refractivity contribution in [1.29, 1.82) is 0 Å². The third-order valence-electron chi connectivity index (χ3n) is 3.08. The summed E-state index contributed by atoms with van der Waals surface area (Å²) in [4.78, 5) is 14.2. The molecule has 1 saturated carbocycles. The van der Waals surface area contributed by atoms with Crippen molar-refractivity contribution in [1.82, 2.24) is 0 Å². The van der Waals surface area contributed by atoms with Gasteiger partial charge < -0.3 is 11.5 Å². The van der Waals surface area contributed by atoms with Crippen molar-refractivity contribution in [2.24, 2.45) is 22.4 Å². The van der Waals surface area contributed by atoms with E-state index in [0.29, 0.717) is 13.1 Å². The van der Waals surface area contributed by atoms with E-state index in [1.807, 2.05) is 0 Å².